The summed E-state index contributed by atoms with van der Waals surface area (Å²) in [6.45, 7) is 0. The molecule has 0 amide bonds. The van der Waals surface area contributed by atoms with Crippen LogP contribution in [0.4, 0.5) is 13.2 Å². The van der Waals surface area contributed by atoms with Gasteiger partial charge in [0.1, 0.15) is 6.04 Å². The molecule has 1 atom stereocenters. The predicted octanol–water partition coefficient (Wildman–Crippen LogP) is 2.80. The number of halogens is 3. The molecule has 2 N–H and O–H groups in total. The summed E-state index contributed by atoms with van der Waals surface area (Å²) >= 11 is 0. The molecule has 0 saturated heterocycles. The van der Waals surface area contributed by atoms with Crippen LogP contribution in [0.2, 0.25) is 0 Å². The largest absolute Gasteiger partial charge is 0.407 e. The molecule has 5 heteroatoms. The number of hydrogen-bond donors (Lipinski definition) is 1. The molecule has 0 aliphatic carbocycles. The number of aromatic nitrogens is 1. The van der Waals surface area contributed by atoms with Gasteiger partial charge >= 0.3 is 6.18 Å². The summed E-state index contributed by atoms with van der Waals surface area (Å²) < 4.78 is 37.6. The number of pyridine rings is 1. The van der Waals surface area contributed by atoms with Gasteiger partial charge in [0, 0.05) is 11.6 Å². The van der Waals surface area contributed by atoms with Gasteiger partial charge in [-0.15, -0.1) is 0 Å². The normalized spacial score (nSPS) is 14.0. The monoisotopic (exact) mass is 226 g/mol. The molecule has 1 heterocycles. The number of nitrogens with two attached hydrogens (primary N) is 1. The van der Waals surface area contributed by atoms with Crippen molar-refractivity contribution >= 4 is 10.9 Å². The molecule has 2 aromatic rings. The lowest BCUT2D eigenvalue weighted by Crippen LogP contribution is -2.28. The Hall–Kier alpha value is -1.62. The fourth-order valence-corrected chi connectivity index (χ4v) is 1.57. The number of para-hydroxylation sites is 1. The first-order valence-corrected chi connectivity index (χ1v) is 4.66. The summed E-state index contributed by atoms with van der Waals surface area (Å²) in [6.07, 6.45) is -3.10. The fourth-order valence-electron chi connectivity index (χ4n) is 1.57. The lowest BCUT2D eigenvalue weighted by molar-refractivity contribution is -0.148. The summed E-state index contributed by atoms with van der Waals surface area (Å²) in [5.41, 5.74) is 5.75. The first-order chi connectivity index (χ1) is 7.50. The molecule has 0 spiro atoms. The highest BCUT2D eigenvalue weighted by atomic mass is 19.4. The Bertz CT molecular complexity index is 503. The van der Waals surface area contributed by atoms with Gasteiger partial charge < -0.3 is 5.73 Å². The molecule has 0 bridgehead atoms. The van der Waals surface area contributed by atoms with E-state index in [2.05, 4.69) is 4.98 Å². The van der Waals surface area contributed by atoms with Gasteiger partial charge in [0.25, 0.3) is 0 Å². The third-order valence-electron chi connectivity index (χ3n) is 2.37. The van der Waals surface area contributed by atoms with Crippen LogP contribution in [0, 0.1) is 0 Å². The van der Waals surface area contributed by atoms with Crippen LogP contribution >= 0.6 is 0 Å². The van der Waals surface area contributed by atoms with E-state index in [0.29, 0.717) is 10.9 Å². The molecule has 0 radical (unpaired) electrons. The van der Waals surface area contributed by atoms with E-state index in [0.717, 1.165) is 0 Å². The number of nitrogens with zero attached hydrogens (tertiary/aromatic N) is 1. The lowest BCUT2D eigenvalue weighted by atomic mass is 10.0. The van der Waals surface area contributed by atoms with E-state index >= 15 is 0 Å². The van der Waals surface area contributed by atoms with Gasteiger partial charge in [0.15, 0.2) is 0 Å². The van der Waals surface area contributed by atoms with Crippen molar-refractivity contribution in [3.8, 4) is 0 Å². The number of alkyl halides is 3. The Kier molecular flexibility index (Phi) is 2.55. The Morgan fingerprint density at radius 3 is 2.50 bits per heavy atom. The molecule has 0 aliphatic rings. The molecule has 84 valence electrons. The minimum absolute atomic E-state index is 0.0538. The summed E-state index contributed by atoms with van der Waals surface area (Å²) in [5, 5.41) is 0.440. The van der Waals surface area contributed by atoms with Crippen molar-refractivity contribution in [2.24, 2.45) is 5.73 Å². The molecule has 2 rings (SSSR count). The predicted molar refractivity (Wildman–Crippen MR) is 54.7 cm³/mol. The van der Waals surface area contributed by atoms with Crippen LogP contribution in [-0.2, 0) is 0 Å². The smallest absolute Gasteiger partial charge is 0.316 e. The van der Waals surface area contributed by atoms with E-state index in [1.165, 1.54) is 12.3 Å². The van der Waals surface area contributed by atoms with E-state index in [4.69, 9.17) is 5.73 Å². The second-order valence-electron chi connectivity index (χ2n) is 3.44. The maximum atomic E-state index is 12.5. The topological polar surface area (TPSA) is 38.9 Å². The van der Waals surface area contributed by atoms with E-state index in [-0.39, 0.29) is 5.56 Å². The molecule has 1 aromatic heterocycles. The zero-order valence-electron chi connectivity index (χ0n) is 8.20. The molecule has 2 nitrogen and oxygen atoms in total. The number of rotatable bonds is 1. The Morgan fingerprint density at radius 2 is 1.81 bits per heavy atom. The van der Waals surface area contributed by atoms with E-state index < -0.39 is 12.2 Å². The van der Waals surface area contributed by atoms with Crippen molar-refractivity contribution < 1.29 is 13.2 Å². The van der Waals surface area contributed by atoms with Crippen molar-refractivity contribution in [1.82, 2.24) is 4.98 Å². The van der Waals surface area contributed by atoms with Gasteiger partial charge in [-0.05, 0) is 17.7 Å². The van der Waals surface area contributed by atoms with Gasteiger partial charge in [-0.2, -0.15) is 13.2 Å². The van der Waals surface area contributed by atoms with E-state index in [9.17, 15) is 13.2 Å². The lowest BCUT2D eigenvalue weighted by Gasteiger charge is -2.17. The van der Waals surface area contributed by atoms with Crippen molar-refractivity contribution in [1.29, 1.82) is 0 Å². The highest BCUT2D eigenvalue weighted by molar-refractivity contribution is 5.82. The molecule has 0 saturated carbocycles. The highest BCUT2D eigenvalue weighted by Gasteiger charge is 2.38. The number of benzene rings is 1. The van der Waals surface area contributed by atoms with E-state index in [1.807, 2.05) is 0 Å². The molecular weight excluding hydrogens is 217 g/mol. The third-order valence-corrected chi connectivity index (χ3v) is 2.37. The van der Waals surface area contributed by atoms with E-state index in [1.54, 1.807) is 24.3 Å². The second-order valence-corrected chi connectivity index (χ2v) is 3.44. The quantitative estimate of drug-likeness (QED) is 0.812. The number of hydrogen-bond acceptors (Lipinski definition) is 2. The van der Waals surface area contributed by atoms with Crippen LogP contribution in [-0.4, -0.2) is 11.2 Å². The van der Waals surface area contributed by atoms with Crippen LogP contribution in [0.25, 0.3) is 10.9 Å². The third kappa shape index (κ3) is 1.86. The van der Waals surface area contributed by atoms with Crippen molar-refractivity contribution in [2.45, 2.75) is 12.2 Å². The fraction of sp³-hybridized carbons (Fsp3) is 0.182. The Labute approximate surface area is 89.9 Å². The van der Waals surface area contributed by atoms with Gasteiger partial charge in [0.2, 0.25) is 0 Å². The minimum atomic E-state index is -4.44. The van der Waals surface area contributed by atoms with Gasteiger partial charge in [-0.3, -0.25) is 4.98 Å². The summed E-state index contributed by atoms with van der Waals surface area (Å²) in [4.78, 5) is 3.98. The summed E-state index contributed by atoms with van der Waals surface area (Å²) in [7, 11) is 0. The second kappa shape index (κ2) is 3.75. The van der Waals surface area contributed by atoms with Gasteiger partial charge in [0.05, 0.1) is 5.52 Å². The zero-order valence-corrected chi connectivity index (χ0v) is 8.20. The van der Waals surface area contributed by atoms with Crippen LogP contribution in [0.1, 0.15) is 11.6 Å². The van der Waals surface area contributed by atoms with Crippen LogP contribution in [0.15, 0.2) is 36.5 Å². The first-order valence-electron chi connectivity index (χ1n) is 4.66. The maximum absolute atomic E-state index is 12.5. The van der Waals surface area contributed by atoms with Crippen LogP contribution < -0.4 is 5.73 Å². The van der Waals surface area contributed by atoms with Crippen LogP contribution in [0.5, 0.6) is 0 Å². The van der Waals surface area contributed by atoms with Crippen molar-refractivity contribution in [2.75, 3.05) is 0 Å². The Balaban J connectivity index is 2.61. The molecule has 16 heavy (non-hydrogen) atoms. The Morgan fingerprint density at radius 1 is 1.12 bits per heavy atom. The molecule has 0 aliphatic heterocycles. The first kappa shape index (κ1) is 10.9. The summed E-state index contributed by atoms with van der Waals surface area (Å²) in [6, 6.07) is 5.96. The average molecular weight is 226 g/mol. The van der Waals surface area contributed by atoms with Gasteiger partial charge in [-0.1, -0.05) is 18.2 Å². The van der Waals surface area contributed by atoms with Crippen LogP contribution in [0.3, 0.4) is 0 Å². The zero-order chi connectivity index (χ0) is 11.8. The summed E-state index contributed by atoms with van der Waals surface area (Å²) in [5.74, 6) is 0. The van der Waals surface area contributed by atoms with Crippen molar-refractivity contribution in [3.63, 3.8) is 0 Å². The number of fused-ring (bicyclic) bond motifs is 1. The highest BCUT2D eigenvalue weighted by Crippen LogP contribution is 2.33. The minimum Gasteiger partial charge on any atom is -0.316 e. The molecule has 1 aromatic carbocycles. The van der Waals surface area contributed by atoms with Gasteiger partial charge in [-0.25, -0.2) is 0 Å². The average Bonchev–Trinajstić information content (AvgIpc) is 2.26. The standard InChI is InChI=1S/C11H9F3N2/c12-11(13,14)10(15)8-5-6-16-9-4-2-1-3-7(8)9/h1-6,10H,15H2. The van der Waals surface area contributed by atoms with Crippen molar-refractivity contribution in [3.05, 3.63) is 42.1 Å². The maximum Gasteiger partial charge on any atom is 0.407 e. The SMILES string of the molecule is NC(c1ccnc2ccccc12)C(F)(F)F. The molecular formula is C11H9F3N2. The molecule has 0 fully saturated rings. The molecule has 1 unspecified atom stereocenters.